The van der Waals surface area contributed by atoms with Crippen LogP contribution in [0.5, 0.6) is 0 Å². The minimum absolute atomic E-state index is 0.179. The van der Waals surface area contributed by atoms with E-state index < -0.39 is 0 Å². The van der Waals surface area contributed by atoms with Crippen LogP contribution < -0.4 is 10.6 Å². The molecule has 3 aromatic heterocycles. The minimum Gasteiger partial charge on any atom is -0.459 e. The number of benzene rings is 1. The predicted molar refractivity (Wildman–Crippen MR) is 128 cm³/mol. The number of nitrogens with zero attached hydrogens (tertiary/aromatic N) is 1. The predicted octanol–water partition coefficient (Wildman–Crippen LogP) is 6.53. The zero-order valence-electron chi connectivity index (χ0n) is 17.5. The molecular formula is C24H23N3O2S2. The van der Waals surface area contributed by atoms with Crippen LogP contribution in [0.3, 0.4) is 0 Å². The minimum atomic E-state index is -0.265. The van der Waals surface area contributed by atoms with Crippen molar-refractivity contribution in [2.45, 2.75) is 24.8 Å². The van der Waals surface area contributed by atoms with Gasteiger partial charge < -0.3 is 15.1 Å². The Hall–Kier alpha value is -3.03. The van der Waals surface area contributed by atoms with Gasteiger partial charge in [0.05, 0.1) is 12.3 Å². The van der Waals surface area contributed by atoms with Crippen LogP contribution >= 0.6 is 23.1 Å². The first-order chi connectivity index (χ1) is 15.0. The van der Waals surface area contributed by atoms with Gasteiger partial charge in [0, 0.05) is 21.5 Å². The molecule has 4 aromatic rings. The van der Waals surface area contributed by atoms with Crippen LogP contribution in [0.4, 0.5) is 10.8 Å². The van der Waals surface area contributed by atoms with Gasteiger partial charge in [0.15, 0.2) is 5.76 Å². The number of anilines is 2. The maximum Gasteiger partial charge on any atom is 0.291 e. The lowest BCUT2D eigenvalue weighted by Crippen LogP contribution is -2.17. The third-order valence-electron chi connectivity index (χ3n) is 4.82. The highest BCUT2D eigenvalue weighted by atomic mass is 32.2. The second-order valence-corrected chi connectivity index (χ2v) is 9.28. The molecule has 31 heavy (non-hydrogen) atoms. The Kier molecular flexibility index (Phi) is 6.44. The SMILES string of the molecule is CSc1ccc([C@H](Nc2cc(C)ccn2)c2cc(C)sc2NC(=O)c2ccco2)cc1. The largest absolute Gasteiger partial charge is 0.459 e. The van der Waals surface area contributed by atoms with Crippen molar-refractivity contribution in [3.05, 3.63) is 94.4 Å². The highest BCUT2D eigenvalue weighted by Gasteiger charge is 2.23. The second-order valence-electron chi connectivity index (χ2n) is 7.14. The lowest BCUT2D eigenvalue weighted by atomic mass is 10.00. The molecule has 2 N–H and O–H groups in total. The zero-order valence-corrected chi connectivity index (χ0v) is 19.1. The van der Waals surface area contributed by atoms with Gasteiger partial charge in [-0.3, -0.25) is 4.79 Å². The van der Waals surface area contributed by atoms with Crippen LogP contribution in [0, 0.1) is 13.8 Å². The Balaban J connectivity index is 1.73. The highest BCUT2D eigenvalue weighted by Crippen LogP contribution is 2.38. The number of thioether (sulfide) groups is 1. The lowest BCUT2D eigenvalue weighted by molar-refractivity contribution is 0.0997. The number of furan rings is 1. The number of aryl methyl sites for hydroxylation is 2. The molecule has 0 aliphatic heterocycles. The van der Waals surface area contributed by atoms with E-state index in [1.165, 1.54) is 11.2 Å². The maximum atomic E-state index is 12.6. The molecule has 0 radical (unpaired) electrons. The summed E-state index contributed by atoms with van der Waals surface area (Å²) in [6.07, 6.45) is 5.35. The van der Waals surface area contributed by atoms with Gasteiger partial charge in [-0.25, -0.2) is 4.98 Å². The summed E-state index contributed by atoms with van der Waals surface area (Å²) in [6, 6.07) is 17.7. The van der Waals surface area contributed by atoms with Gasteiger partial charge in [-0.05, 0) is 73.7 Å². The van der Waals surface area contributed by atoms with Crippen molar-refractivity contribution >= 4 is 39.8 Å². The normalized spacial score (nSPS) is 11.8. The number of carbonyl (C=O) groups excluding carboxylic acids is 1. The molecule has 3 heterocycles. The van der Waals surface area contributed by atoms with Gasteiger partial charge in [0.1, 0.15) is 10.8 Å². The lowest BCUT2D eigenvalue weighted by Gasteiger charge is -2.21. The number of hydrogen-bond acceptors (Lipinski definition) is 6. The van der Waals surface area contributed by atoms with Crippen molar-refractivity contribution in [3.8, 4) is 0 Å². The summed E-state index contributed by atoms with van der Waals surface area (Å²) in [6.45, 7) is 4.08. The molecule has 4 rings (SSSR count). The maximum absolute atomic E-state index is 12.6. The number of nitrogens with one attached hydrogen (secondary N) is 2. The number of thiophene rings is 1. The molecule has 0 fully saturated rings. The highest BCUT2D eigenvalue weighted by molar-refractivity contribution is 7.98. The van der Waals surface area contributed by atoms with Gasteiger partial charge in [-0.2, -0.15) is 0 Å². The zero-order chi connectivity index (χ0) is 21.8. The van der Waals surface area contributed by atoms with Crippen LogP contribution in [-0.2, 0) is 0 Å². The fourth-order valence-corrected chi connectivity index (χ4v) is 4.67. The molecular weight excluding hydrogens is 426 g/mol. The average molecular weight is 450 g/mol. The van der Waals surface area contributed by atoms with E-state index in [9.17, 15) is 4.79 Å². The van der Waals surface area contributed by atoms with Gasteiger partial charge >= 0.3 is 0 Å². The Morgan fingerprint density at radius 2 is 1.94 bits per heavy atom. The van der Waals surface area contributed by atoms with Crippen molar-refractivity contribution < 1.29 is 9.21 Å². The molecule has 0 saturated heterocycles. The van der Waals surface area contributed by atoms with Gasteiger partial charge in [-0.15, -0.1) is 23.1 Å². The molecule has 1 atom stereocenters. The summed E-state index contributed by atoms with van der Waals surface area (Å²) in [5.41, 5.74) is 3.21. The van der Waals surface area contributed by atoms with Gasteiger partial charge in [-0.1, -0.05) is 12.1 Å². The van der Waals surface area contributed by atoms with E-state index in [-0.39, 0.29) is 17.7 Å². The summed E-state index contributed by atoms with van der Waals surface area (Å²) in [5, 5.41) is 7.38. The number of hydrogen-bond donors (Lipinski definition) is 2. The van der Waals surface area contributed by atoms with Crippen molar-refractivity contribution in [2.24, 2.45) is 0 Å². The summed E-state index contributed by atoms with van der Waals surface area (Å²) < 4.78 is 5.26. The fraction of sp³-hybridized carbons (Fsp3) is 0.167. The van der Waals surface area contributed by atoms with Gasteiger partial charge in [0.25, 0.3) is 5.91 Å². The number of carbonyl (C=O) groups is 1. The molecule has 0 bridgehead atoms. The smallest absolute Gasteiger partial charge is 0.291 e. The van der Waals surface area contributed by atoms with Crippen molar-refractivity contribution in [3.63, 3.8) is 0 Å². The molecule has 0 unspecified atom stereocenters. The van der Waals surface area contributed by atoms with Crippen molar-refractivity contribution in [2.75, 3.05) is 16.9 Å². The average Bonchev–Trinajstić information content (AvgIpc) is 3.42. The summed E-state index contributed by atoms with van der Waals surface area (Å²) in [7, 11) is 0. The Morgan fingerprint density at radius 1 is 1.13 bits per heavy atom. The van der Waals surface area contributed by atoms with E-state index in [1.807, 2.05) is 26.0 Å². The summed E-state index contributed by atoms with van der Waals surface area (Å²) in [4.78, 5) is 19.4. The first-order valence-corrected chi connectivity index (χ1v) is 11.9. The number of pyridine rings is 1. The molecule has 0 saturated carbocycles. The third kappa shape index (κ3) is 5.00. The van der Waals surface area contributed by atoms with E-state index in [0.29, 0.717) is 0 Å². The van der Waals surface area contributed by atoms with E-state index in [2.05, 4.69) is 52.2 Å². The molecule has 0 spiro atoms. The first-order valence-electron chi connectivity index (χ1n) is 9.82. The molecule has 1 aromatic carbocycles. The quantitative estimate of drug-likeness (QED) is 0.314. The van der Waals surface area contributed by atoms with E-state index >= 15 is 0 Å². The van der Waals surface area contributed by atoms with E-state index in [1.54, 1.807) is 41.4 Å². The number of amides is 1. The Bertz CT molecular complexity index is 1170. The molecule has 7 heteroatoms. The van der Waals surface area contributed by atoms with Crippen LogP contribution in [0.1, 0.15) is 38.2 Å². The number of rotatable bonds is 7. The molecule has 0 aliphatic carbocycles. The molecule has 158 valence electrons. The topological polar surface area (TPSA) is 67.2 Å². The van der Waals surface area contributed by atoms with Crippen LogP contribution in [-0.4, -0.2) is 17.1 Å². The Labute approximate surface area is 189 Å². The van der Waals surface area contributed by atoms with E-state index in [0.717, 1.165) is 32.4 Å². The number of aromatic nitrogens is 1. The molecule has 0 aliphatic rings. The third-order valence-corrected chi connectivity index (χ3v) is 6.55. The Morgan fingerprint density at radius 3 is 2.61 bits per heavy atom. The van der Waals surface area contributed by atoms with Crippen molar-refractivity contribution in [1.82, 2.24) is 4.98 Å². The van der Waals surface area contributed by atoms with Crippen LogP contribution in [0.15, 0.2) is 76.4 Å². The van der Waals surface area contributed by atoms with E-state index in [4.69, 9.17) is 4.42 Å². The second kappa shape index (κ2) is 9.41. The van der Waals surface area contributed by atoms with Crippen LogP contribution in [0.25, 0.3) is 0 Å². The van der Waals surface area contributed by atoms with Crippen LogP contribution in [0.2, 0.25) is 0 Å². The standard InChI is InChI=1S/C24H23N3O2S2/c1-15-10-11-25-21(13-15)26-22(17-6-8-18(30-3)9-7-17)19-14-16(2)31-24(19)27-23(28)20-5-4-12-29-20/h4-14,22H,1-3H3,(H,25,26)(H,27,28)/t22-/m0/s1. The molecule has 5 nitrogen and oxygen atoms in total. The summed E-state index contributed by atoms with van der Waals surface area (Å²) >= 11 is 3.25. The monoisotopic (exact) mass is 449 g/mol. The first kappa shape index (κ1) is 21.2. The summed E-state index contributed by atoms with van der Waals surface area (Å²) in [5.74, 6) is 0.801. The van der Waals surface area contributed by atoms with Crippen molar-refractivity contribution in [1.29, 1.82) is 0 Å². The molecule has 1 amide bonds. The fourth-order valence-electron chi connectivity index (χ4n) is 3.32. The van der Waals surface area contributed by atoms with Gasteiger partial charge in [0.2, 0.25) is 0 Å².